The van der Waals surface area contributed by atoms with E-state index in [2.05, 4.69) is 170 Å². The molecule has 0 amide bonds. The van der Waals surface area contributed by atoms with Crippen LogP contribution in [0.5, 0.6) is 0 Å². The van der Waals surface area contributed by atoms with Gasteiger partial charge < -0.3 is 0 Å². The van der Waals surface area contributed by atoms with Gasteiger partial charge in [0.05, 0.1) is 5.41 Å². The minimum atomic E-state index is -0.458. The molecule has 8 aromatic rings. The summed E-state index contributed by atoms with van der Waals surface area (Å²) in [5.41, 5.74) is 12.5. The Morgan fingerprint density at radius 3 is 1.52 bits per heavy atom. The third kappa shape index (κ3) is 3.63. The zero-order valence-corrected chi connectivity index (χ0v) is 24.9. The van der Waals surface area contributed by atoms with Crippen molar-refractivity contribution < 1.29 is 0 Å². The van der Waals surface area contributed by atoms with E-state index in [-0.39, 0.29) is 0 Å². The summed E-state index contributed by atoms with van der Waals surface area (Å²) in [7, 11) is 0. The summed E-state index contributed by atoms with van der Waals surface area (Å²) in [6.07, 6.45) is 0. The molecule has 0 atom stereocenters. The fraction of sp³-hybridized carbons (Fsp3) is 0.0233. The number of rotatable bonds is 4. The highest BCUT2D eigenvalue weighted by atomic mass is 32.1. The van der Waals surface area contributed by atoms with Crippen LogP contribution in [0.1, 0.15) is 22.3 Å². The summed E-state index contributed by atoms with van der Waals surface area (Å²) in [4.78, 5) is 0. The van der Waals surface area contributed by atoms with E-state index in [1.807, 2.05) is 11.3 Å². The Morgan fingerprint density at radius 2 is 0.886 bits per heavy atom. The van der Waals surface area contributed by atoms with E-state index in [0.717, 1.165) is 0 Å². The number of fused-ring (bicyclic) bond motifs is 6. The fourth-order valence-electron chi connectivity index (χ4n) is 7.44. The van der Waals surface area contributed by atoms with Crippen LogP contribution in [-0.4, -0.2) is 0 Å². The van der Waals surface area contributed by atoms with Crippen molar-refractivity contribution in [3.05, 3.63) is 192 Å². The van der Waals surface area contributed by atoms with Gasteiger partial charge in [-0.3, -0.25) is 0 Å². The first-order chi connectivity index (χ1) is 21.8. The maximum atomic E-state index is 2.48. The molecule has 1 aromatic heterocycles. The first kappa shape index (κ1) is 25.3. The smallest absolute Gasteiger partial charge is 0.0727 e. The molecule has 0 nitrogen and oxygen atoms in total. The average Bonchev–Trinajstić information content (AvgIpc) is 3.63. The molecule has 0 bridgehead atoms. The highest BCUT2D eigenvalue weighted by Gasteiger charge is 2.47. The molecule has 0 fully saturated rings. The first-order valence-electron chi connectivity index (χ1n) is 15.2. The Labute approximate surface area is 261 Å². The third-order valence-electron chi connectivity index (χ3n) is 9.35. The van der Waals surface area contributed by atoms with Crippen LogP contribution in [-0.2, 0) is 5.41 Å². The summed E-state index contributed by atoms with van der Waals surface area (Å²) in [5, 5.41) is 2.63. The van der Waals surface area contributed by atoms with Gasteiger partial charge in [-0.05, 0) is 79.9 Å². The Bertz CT molecular complexity index is 2270. The normalized spacial score (nSPS) is 13.2. The van der Waals surface area contributed by atoms with E-state index < -0.39 is 5.41 Å². The van der Waals surface area contributed by atoms with Gasteiger partial charge in [-0.25, -0.2) is 0 Å². The van der Waals surface area contributed by atoms with Gasteiger partial charge in [-0.2, -0.15) is 0 Å². The average molecular weight is 577 g/mol. The lowest BCUT2D eigenvalue weighted by molar-refractivity contribution is 0.778. The van der Waals surface area contributed by atoms with Gasteiger partial charge in [-0.1, -0.05) is 146 Å². The molecular formula is C43H28S. The minimum Gasteiger partial charge on any atom is -0.135 e. The second kappa shape index (κ2) is 9.91. The molecule has 1 aliphatic rings. The second-order valence-electron chi connectivity index (χ2n) is 11.7. The highest BCUT2D eigenvalue weighted by molar-refractivity contribution is 7.26. The quantitative estimate of drug-likeness (QED) is 0.195. The van der Waals surface area contributed by atoms with Crippen molar-refractivity contribution >= 4 is 31.5 Å². The Hall–Kier alpha value is -5.24. The lowest BCUT2D eigenvalue weighted by atomic mass is 9.67. The number of thiophene rings is 1. The molecule has 0 saturated carbocycles. The lowest BCUT2D eigenvalue weighted by Gasteiger charge is -2.34. The zero-order chi connectivity index (χ0) is 29.1. The predicted octanol–water partition coefficient (Wildman–Crippen LogP) is 11.8. The minimum absolute atomic E-state index is 0.458. The molecule has 1 heteroatoms. The SMILES string of the molecule is c1ccc(-c2ccc3sc4c(C5(c6ccccc6)c6ccccc6-c6ccccc65)cc(-c5ccccc5)cc4c3c2)cc1. The van der Waals surface area contributed by atoms with Crippen LogP contribution in [0, 0.1) is 0 Å². The molecule has 44 heavy (non-hydrogen) atoms. The molecule has 1 heterocycles. The highest BCUT2D eigenvalue weighted by Crippen LogP contribution is 2.58. The molecule has 0 spiro atoms. The molecule has 206 valence electrons. The summed E-state index contributed by atoms with van der Waals surface area (Å²) < 4.78 is 2.66. The van der Waals surface area contributed by atoms with Crippen molar-refractivity contribution in [2.45, 2.75) is 5.41 Å². The fourth-order valence-corrected chi connectivity index (χ4v) is 8.68. The van der Waals surface area contributed by atoms with Gasteiger partial charge in [0.15, 0.2) is 0 Å². The second-order valence-corrected chi connectivity index (χ2v) is 12.7. The Morgan fingerprint density at radius 1 is 0.364 bits per heavy atom. The largest absolute Gasteiger partial charge is 0.135 e. The first-order valence-corrected chi connectivity index (χ1v) is 16.0. The monoisotopic (exact) mass is 576 g/mol. The maximum Gasteiger partial charge on any atom is 0.0727 e. The maximum absolute atomic E-state index is 2.48. The molecule has 7 aromatic carbocycles. The molecule has 9 rings (SSSR count). The summed E-state index contributed by atoms with van der Waals surface area (Å²) in [6, 6.07) is 62.7. The van der Waals surface area contributed by atoms with Crippen LogP contribution in [0.2, 0.25) is 0 Å². The van der Waals surface area contributed by atoms with Crippen molar-refractivity contribution in [3.8, 4) is 33.4 Å². The van der Waals surface area contributed by atoms with Crippen LogP contribution in [0.15, 0.2) is 170 Å². The molecule has 1 aliphatic carbocycles. The van der Waals surface area contributed by atoms with E-state index in [0.29, 0.717) is 0 Å². The lowest BCUT2D eigenvalue weighted by Crippen LogP contribution is -2.28. The van der Waals surface area contributed by atoms with Gasteiger partial charge in [0.2, 0.25) is 0 Å². The zero-order valence-electron chi connectivity index (χ0n) is 24.1. The van der Waals surface area contributed by atoms with Crippen LogP contribution in [0.4, 0.5) is 0 Å². The van der Waals surface area contributed by atoms with Crippen molar-refractivity contribution in [1.29, 1.82) is 0 Å². The molecule has 0 unspecified atom stereocenters. The van der Waals surface area contributed by atoms with Crippen molar-refractivity contribution in [1.82, 2.24) is 0 Å². The van der Waals surface area contributed by atoms with Crippen LogP contribution in [0.25, 0.3) is 53.6 Å². The molecule has 0 radical (unpaired) electrons. The van der Waals surface area contributed by atoms with E-state index in [4.69, 9.17) is 0 Å². The summed E-state index contributed by atoms with van der Waals surface area (Å²) >= 11 is 1.93. The number of hydrogen-bond acceptors (Lipinski definition) is 1. The van der Waals surface area contributed by atoms with Crippen molar-refractivity contribution in [2.24, 2.45) is 0 Å². The van der Waals surface area contributed by atoms with Gasteiger partial charge in [-0.15, -0.1) is 11.3 Å². The molecule has 0 saturated heterocycles. The number of benzene rings is 7. The van der Waals surface area contributed by atoms with E-state index in [1.54, 1.807) is 0 Å². The molecular weight excluding hydrogens is 549 g/mol. The standard InChI is InChI=1S/C43H28S/c1-4-14-29(15-5-1)31-24-25-41-36(26-31)37-27-32(30-16-6-2-7-17-30)28-40(42(37)44-41)43(33-18-8-3-9-19-33)38-22-12-10-20-34(38)35-21-11-13-23-39(35)43/h1-28H. The summed E-state index contributed by atoms with van der Waals surface area (Å²) in [6.45, 7) is 0. The van der Waals surface area contributed by atoms with Crippen LogP contribution < -0.4 is 0 Å². The summed E-state index contributed by atoms with van der Waals surface area (Å²) in [5.74, 6) is 0. The van der Waals surface area contributed by atoms with Crippen molar-refractivity contribution in [3.63, 3.8) is 0 Å². The molecule has 0 aliphatic heterocycles. The Balaban J connectivity index is 1.46. The predicted molar refractivity (Wildman–Crippen MR) is 188 cm³/mol. The van der Waals surface area contributed by atoms with Crippen molar-refractivity contribution in [2.75, 3.05) is 0 Å². The topological polar surface area (TPSA) is 0 Å². The van der Waals surface area contributed by atoms with E-state index in [1.165, 1.54) is 75.8 Å². The van der Waals surface area contributed by atoms with E-state index in [9.17, 15) is 0 Å². The van der Waals surface area contributed by atoms with Gasteiger partial charge >= 0.3 is 0 Å². The number of hydrogen-bond donors (Lipinski definition) is 0. The van der Waals surface area contributed by atoms with Crippen LogP contribution in [0.3, 0.4) is 0 Å². The Kier molecular flexibility index (Phi) is 5.69. The van der Waals surface area contributed by atoms with Crippen LogP contribution >= 0.6 is 11.3 Å². The third-order valence-corrected chi connectivity index (χ3v) is 10.6. The van der Waals surface area contributed by atoms with Gasteiger partial charge in [0.1, 0.15) is 0 Å². The molecule has 0 N–H and O–H groups in total. The van der Waals surface area contributed by atoms with E-state index >= 15 is 0 Å². The van der Waals surface area contributed by atoms with Gasteiger partial charge in [0.25, 0.3) is 0 Å². The van der Waals surface area contributed by atoms with Gasteiger partial charge in [0, 0.05) is 20.2 Å².